The number of urea groups is 1. The van der Waals surface area contributed by atoms with E-state index in [1.165, 1.54) is 0 Å². The molecule has 7 nitrogen and oxygen atoms in total. The van der Waals surface area contributed by atoms with Crippen molar-refractivity contribution in [3.05, 3.63) is 53.6 Å². The van der Waals surface area contributed by atoms with Gasteiger partial charge in [0, 0.05) is 18.3 Å². The van der Waals surface area contributed by atoms with Crippen LogP contribution < -0.4 is 25.4 Å². The summed E-state index contributed by atoms with van der Waals surface area (Å²) >= 11 is 0. The van der Waals surface area contributed by atoms with E-state index in [1.807, 2.05) is 24.3 Å². The first-order valence-electron chi connectivity index (χ1n) is 9.21. The maximum atomic E-state index is 12.1. The van der Waals surface area contributed by atoms with Crippen LogP contribution in [-0.2, 0) is 17.8 Å². The molecule has 28 heavy (non-hydrogen) atoms. The van der Waals surface area contributed by atoms with Gasteiger partial charge < -0.3 is 25.4 Å². The zero-order chi connectivity index (χ0) is 19.9. The molecular weight excluding hydrogens is 358 g/mol. The number of hydrogen-bond acceptors (Lipinski definition) is 4. The summed E-state index contributed by atoms with van der Waals surface area (Å²) in [6.45, 7) is 0.353. The number of methoxy groups -OCH3 is 2. The molecule has 0 saturated heterocycles. The van der Waals surface area contributed by atoms with Gasteiger partial charge in [-0.05, 0) is 48.2 Å². The lowest BCUT2D eigenvalue weighted by molar-refractivity contribution is -0.120. The van der Waals surface area contributed by atoms with Crippen LogP contribution >= 0.6 is 0 Å². The van der Waals surface area contributed by atoms with E-state index in [0.717, 1.165) is 24.0 Å². The fourth-order valence-corrected chi connectivity index (χ4v) is 2.75. The Labute approximate surface area is 164 Å². The molecule has 1 fully saturated rings. The summed E-state index contributed by atoms with van der Waals surface area (Å²) in [5.41, 5.74) is 2.47. The minimum atomic E-state index is -0.311. The molecule has 0 unspecified atom stereocenters. The van der Waals surface area contributed by atoms with Crippen LogP contribution in [0.5, 0.6) is 11.5 Å². The Hall–Kier alpha value is -3.22. The van der Waals surface area contributed by atoms with Gasteiger partial charge in [0.2, 0.25) is 5.91 Å². The average Bonchev–Trinajstić information content (AvgIpc) is 3.51. The van der Waals surface area contributed by atoms with Gasteiger partial charge in [0.25, 0.3) is 0 Å². The Balaban J connectivity index is 1.47. The predicted octanol–water partition coefficient (Wildman–Crippen LogP) is 2.85. The maximum absolute atomic E-state index is 12.1. The lowest BCUT2D eigenvalue weighted by Crippen LogP contribution is -2.28. The third kappa shape index (κ3) is 5.64. The van der Waals surface area contributed by atoms with E-state index in [1.54, 1.807) is 32.4 Å². The molecule has 1 aliphatic carbocycles. The number of carbonyl (C=O) groups excluding carboxylic acids is 2. The lowest BCUT2D eigenvalue weighted by atomic mass is 10.1. The van der Waals surface area contributed by atoms with E-state index >= 15 is 0 Å². The van der Waals surface area contributed by atoms with Gasteiger partial charge >= 0.3 is 6.03 Å². The van der Waals surface area contributed by atoms with Crippen molar-refractivity contribution in [3.63, 3.8) is 0 Å². The van der Waals surface area contributed by atoms with Gasteiger partial charge in [-0.15, -0.1) is 0 Å². The Morgan fingerprint density at radius 2 is 1.64 bits per heavy atom. The zero-order valence-electron chi connectivity index (χ0n) is 16.1. The fraction of sp³-hybridized carbons (Fsp3) is 0.333. The molecule has 0 aromatic heterocycles. The molecule has 2 aromatic rings. The minimum Gasteiger partial charge on any atom is -0.493 e. The van der Waals surface area contributed by atoms with Crippen LogP contribution in [0.25, 0.3) is 0 Å². The number of carbonyl (C=O) groups is 2. The molecule has 0 heterocycles. The summed E-state index contributed by atoms with van der Waals surface area (Å²) in [7, 11) is 3.15. The molecule has 0 aliphatic heterocycles. The van der Waals surface area contributed by atoms with Crippen LogP contribution in [0.3, 0.4) is 0 Å². The van der Waals surface area contributed by atoms with Crippen LogP contribution in [0.4, 0.5) is 10.5 Å². The first kappa shape index (κ1) is 19.5. The van der Waals surface area contributed by atoms with Crippen molar-refractivity contribution in [1.82, 2.24) is 10.6 Å². The monoisotopic (exact) mass is 383 g/mol. The van der Waals surface area contributed by atoms with Gasteiger partial charge in [-0.2, -0.15) is 0 Å². The SMILES string of the molecule is COc1ccc(CNC(=O)Nc2ccc(CC(=O)NC3CC3)cc2)cc1OC. The highest BCUT2D eigenvalue weighted by molar-refractivity contribution is 5.89. The predicted molar refractivity (Wildman–Crippen MR) is 107 cm³/mol. The maximum Gasteiger partial charge on any atom is 0.319 e. The van der Waals surface area contributed by atoms with E-state index in [2.05, 4.69) is 16.0 Å². The van der Waals surface area contributed by atoms with E-state index in [-0.39, 0.29) is 11.9 Å². The molecule has 0 atom stereocenters. The number of nitrogens with one attached hydrogen (secondary N) is 3. The quantitative estimate of drug-likeness (QED) is 0.654. The van der Waals surface area contributed by atoms with Crippen molar-refractivity contribution in [3.8, 4) is 11.5 Å². The van der Waals surface area contributed by atoms with Crippen molar-refractivity contribution in [2.24, 2.45) is 0 Å². The molecule has 1 aliphatic rings. The van der Waals surface area contributed by atoms with Gasteiger partial charge in [-0.25, -0.2) is 4.79 Å². The minimum absolute atomic E-state index is 0.0378. The smallest absolute Gasteiger partial charge is 0.319 e. The number of ether oxygens (including phenoxy) is 2. The first-order valence-corrected chi connectivity index (χ1v) is 9.21. The van der Waals surface area contributed by atoms with Crippen LogP contribution in [0.2, 0.25) is 0 Å². The Kier molecular flexibility index (Phi) is 6.37. The molecule has 0 radical (unpaired) electrons. The fourth-order valence-electron chi connectivity index (χ4n) is 2.75. The molecule has 148 valence electrons. The van der Waals surface area contributed by atoms with Gasteiger partial charge in [0.05, 0.1) is 20.6 Å². The molecule has 3 amide bonds. The Morgan fingerprint density at radius 3 is 2.29 bits per heavy atom. The summed E-state index contributed by atoms with van der Waals surface area (Å²) in [4.78, 5) is 23.9. The first-order chi connectivity index (χ1) is 13.6. The largest absolute Gasteiger partial charge is 0.493 e. The molecule has 0 bridgehead atoms. The molecule has 3 rings (SSSR count). The number of rotatable bonds is 8. The van der Waals surface area contributed by atoms with Crippen molar-refractivity contribution in [2.75, 3.05) is 19.5 Å². The van der Waals surface area contributed by atoms with Crippen molar-refractivity contribution >= 4 is 17.6 Å². The number of hydrogen-bond donors (Lipinski definition) is 3. The topological polar surface area (TPSA) is 88.7 Å². The van der Waals surface area contributed by atoms with Crippen molar-refractivity contribution in [1.29, 1.82) is 0 Å². The highest BCUT2D eigenvalue weighted by Gasteiger charge is 2.23. The van der Waals surface area contributed by atoms with Crippen LogP contribution in [0.1, 0.15) is 24.0 Å². The highest BCUT2D eigenvalue weighted by Crippen LogP contribution is 2.27. The zero-order valence-corrected chi connectivity index (χ0v) is 16.1. The second-order valence-electron chi connectivity index (χ2n) is 6.71. The highest BCUT2D eigenvalue weighted by atomic mass is 16.5. The second kappa shape index (κ2) is 9.12. The van der Waals surface area contributed by atoms with Crippen LogP contribution in [0.15, 0.2) is 42.5 Å². The van der Waals surface area contributed by atoms with E-state index in [0.29, 0.717) is 36.2 Å². The van der Waals surface area contributed by atoms with Gasteiger partial charge in [0.15, 0.2) is 11.5 Å². The summed E-state index contributed by atoms with van der Waals surface area (Å²) in [6.07, 6.45) is 2.50. The summed E-state index contributed by atoms with van der Waals surface area (Å²) in [6, 6.07) is 12.8. The number of amides is 3. The standard InChI is InChI=1S/C21H25N3O4/c1-27-18-10-5-15(11-19(18)28-2)13-22-21(26)24-17-6-3-14(4-7-17)12-20(25)23-16-8-9-16/h3-7,10-11,16H,8-9,12-13H2,1-2H3,(H,23,25)(H2,22,24,26). The Morgan fingerprint density at radius 1 is 0.964 bits per heavy atom. The lowest BCUT2D eigenvalue weighted by Gasteiger charge is -2.11. The van der Waals surface area contributed by atoms with E-state index < -0.39 is 0 Å². The molecule has 2 aromatic carbocycles. The van der Waals surface area contributed by atoms with Crippen LogP contribution in [-0.4, -0.2) is 32.2 Å². The number of benzene rings is 2. The Bertz CT molecular complexity index is 832. The third-order valence-corrected chi connectivity index (χ3v) is 4.42. The third-order valence-electron chi connectivity index (χ3n) is 4.42. The summed E-state index contributed by atoms with van der Waals surface area (Å²) in [5, 5.41) is 8.54. The average molecular weight is 383 g/mol. The number of anilines is 1. The van der Waals surface area contributed by atoms with Gasteiger partial charge in [0.1, 0.15) is 0 Å². The molecule has 0 spiro atoms. The molecule has 1 saturated carbocycles. The normalized spacial score (nSPS) is 12.8. The summed E-state index contributed by atoms with van der Waals surface area (Å²) in [5.74, 6) is 1.29. The van der Waals surface area contributed by atoms with E-state index in [9.17, 15) is 9.59 Å². The van der Waals surface area contributed by atoms with Crippen molar-refractivity contribution < 1.29 is 19.1 Å². The molecular formula is C21H25N3O4. The van der Waals surface area contributed by atoms with Gasteiger partial charge in [-0.1, -0.05) is 18.2 Å². The second-order valence-corrected chi connectivity index (χ2v) is 6.71. The van der Waals surface area contributed by atoms with Crippen molar-refractivity contribution in [2.45, 2.75) is 31.8 Å². The molecule has 3 N–H and O–H groups in total. The molecule has 7 heteroatoms. The van der Waals surface area contributed by atoms with Gasteiger partial charge in [-0.3, -0.25) is 4.79 Å². The summed E-state index contributed by atoms with van der Waals surface area (Å²) < 4.78 is 10.5. The van der Waals surface area contributed by atoms with E-state index in [4.69, 9.17) is 9.47 Å². The van der Waals surface area contributed by atoms with Crippen LogP contribution in [0, 0.1) is 0 Å².